The van der Waals surface area contributed by atoms with Crippen LogP contribution in [0.2, 0.25) is 0 Å². The van der Waals surface area contributed by atoms with Crippen LogP contribution in [0.4, 0.5) is 5.82 Å². The van der Waals surface area contributed by atoms with Crippen molar-refractivity contribution < 1.29 is 4.74 Å². The van der Waals surface area contributed by atoms with Crippen molar-refractivity contribution in [1.29, 1.82) is 0 Å². The molecular formula is C18H17N5O. The Hall–Kier alpha value is -3.15. The largest absolute Gasteiger partial charge is 0.497 e. The van der Waals surface area contributed by atoms with E-state index in [1.54, 1.807) is 18.1 Å². The molecule has 0 atom stereocenters. The summed E-state index contributed by atoms with van der Waals surface area (Å²) in [7, 11) is 3.58. The number of anilines is 1. The van der Waals surface area contributed by atoms with E-state index >= 15 is 0 Å². The van der Waals surface area contributed by atoms with Gasteiger partial charge in [-0.2, -0.15) is 5.10 Å². The number of fused-ring (bicyclic) bond motifs is 2. The van der Waals surface area contributed by atoms with Gasteiger partial charge in [-0.05, 0) is 29.8 Å². The Morgan fingerprint density at radius 3 is 2.71 bits per heavy atom. The number of hydrogen-bond donors (Lipinski definition) is 1. The number of hydrogen-bond acceptors (Lipinski definition) is 5. The summed E-state index contributed by atoms with van der Waals surface area (Å²) in [6.45, 7) is 0.682. The fourth-order valence-electron chi connectivity index (χ4n) is 2.77. The first-order valence-corrected chi connectivity index (χ1v) is 7.68. The third kappa shape index (κ3) is 2.62. The van der Waals surface area contributed by atoms with Gasteiger partial charge < -0.3 is 10.1 Å². The summed E-state index contributed by atoms with van der Waals surface area (Å²) in [4.78, 5) is 8.76. The molecule has 1 N–H and O–H groups in total. The van der Waals surface area contributed by atoms with E-state index in [2.05, 4.69) is 26.4 Å². The smallest absolute Gasteiger partial charge is 0.137 e. The van der Waals surface area contributed by atoms with Crippen molar-refractivity contribution >= 4 is 27.6 Å². The second kappa shape index (κ2) is 5.81. The van der Waals surface area contributed by atoms with Gasteiger partial charge in [0.1, 0.15) is 17.9 Å². The number of methoxy groups -OCH3 is 1. The molecule has 0 aliphatic rings. The highest BCUT2D eigenvalue weighted by molar-refractivity contribution is 5.99. The van der Waals surface area contributed by atoms with Gasteiger partial charge in [-0.3, -0.25) is 4.68 Å². The van der Waals surface area contributed by atoms with Crippen molar-refractivity contribution in [1.82, 2.24) is 19.7 Å². The lowest BCUT2D eigenvalue weighted by Gasteiger charge is -2.09. The number of aryl methyl sites for hydroxylation is 1. The Bertz CT molecular complexity index is 1010. The maximum atomic E-state index is 5.18. The Balaban J connectivity index is 1.66. The van der Waals surface area contributed by atoms with Crippen LogP contribution in [0.1, 0.15) is 5.56 Å². The predicted octanol–water partition coefficient (Wildman–Crippen LogP) is 3.14. The van der Waals surface area contributed by atoms with E-state index < -0.39 is 0 Å². The van der Waals surface area contributed by atoms with Gasteiger partial charge in [0.2, 0.25) is 0 Å². The van der Waals surface area contributed by atoms with Crippen molar-refractivity contribution in [3.8, 4) is 5.75 Å². The molecule has 0 amide bonds. The van der Waals surface area contributed by atoms with Crippen LogP contribution in [0.25, 0.3) is 21.8 Å². The monoisotopic (exact) mass is 319 g/mol. The first-order chi connectivity index (χ1) is 11.7. The van der Waals surface area contributed by atoms with Gasteiger partial charge in [0.15, 0.2) is 0 Å². The third-order valence-corrected chi connectivity index (χ3v) is 3.99. The van der Waals surface area contributed by atoms with Crippen molar-refractivity contribution in [2.75, 3.05) is 12.4 Å². The maximum absolute atomic E-state index is 5.18. The second-order valence-electron chi connectivity index (χ2n) is 5.65. The molecule has 0 fully saturated rings. The zero-order valence-corrected chi connectivity index (χ0v) is 13.5. The molecule has 2 aromatic carbocycles. The van der Waals surface area contributed by atoms with Crippen molar-refractivity contribution in [2.45, 2.75) is 6.54 Å². The predicted molar refractivity (Wildman–Crippen MR) is 94.1 cm³/mol. The molecule has 2 aromatic heterocycles. The van der Waals surface area contributed by atoms with Crippen LogP contribution in [0.5, 0.6) is 5.75 Å². The molecule has 4 aromatic rings. The van der Waals surface area contributed by atoms with Crippen LogP contribution in [0.15, 0.2) is 48.9 Å². The van der Waals surface area contributed by atoms with Gasteiger partial charge in [0.05, 0.1) is 18.1 Å². The van der Waals surface area contributed by atoms with Crippen LogP contribution < -0.4 is 10.1 Å². The first kappa shape index (κ1) is 14.4. The number of nitrogens with one attached hydrogen (secondary N) is 1. The van der Waals surface area contributed by atoms with Crippen molar-refractivity contribution in [2.24, 2.45) is 7.05 Å². The quantitative estimate of drug-likeness (QED) is 0.626. The zero-order valence-electron chi connectivity index (χ0n) is 13.5. The molecule has 2 heterocycles. The topological polar surface area (TPSA) is 64.9 Å². The summed E-state index contributed by atoms with van der Waals surface area (Å²) in [6.07, 6.45) is 3.57. The van der Waals surface area contributed by atoms with Crippen LogP contribution >= 0.6 is 0 Å². The minimum atomic E-state index is 0.682. The lowest BCUT2D eigenvalue weighted by Crippen LogP contribution is -2.02. The summed E-state index contributed by atoms with van der Waals surface area (Å²) >= 11 is 0. The molecule has 24 heavy (non-hydrogen) atoms. The molecule has 0 radical (unpaired) electrons. The Labute approximate surface area is 139 Å². The summed E-state index contributed by atoms with van der Waals surface area (Å²) in [6, 6.07) is 12.0. The van der Waals surface area contributed by atoms with E-state index in [1.165, 1.54) is 0 Å². The highest BCUT2D eigenvalue weighted by Gasteiger charge is 2.07. The number of aromatic nitrogens is 4. The molecule has 120 valence electrons. The minimum absolute atomic E-state index is 0.682. The molecular weight excluding hydrogens is 302 g/mol. The number of nitrogens with zero attached hydrogens (tertiary/aromatic N) is 4. The highest BCUT2D eigenvalue weighted by Crippen LogP contribution is 2.25. The van der Waals surface area contributed by atoms with Crippen LogP contribution in [-0.4, -0.2) is 26.9 Å². The van der Waals surface area contributed by atoms with Gasteiger partial charge in [0.25, 0.3) is 0 Å². The molecule has 0 spiro atoms. The maximum Gasteiger partial charge on any atom is 0.137 e. The Morgan fingerprint density at radius 1 is 1.08 bits per heavy atom. The summed E-state index contributed by atoms with van der Waals surface area (Å²) in [5, 5.41) is 9.89. The van der Waals surface area contributed by atoms with Gasteiger partial charge >= 0.3 is 0 Å². The Morgan fingerprint density at radius 2 is 1.92 bits per heavy atom. The van der Waals surface area contributed by atoms with E-state index in [0.717, 1.165) is 38.9 Å². The second-order valence-corrected chi connectivity index (χ2v) is 5.65. The molecule has 4 rings (SSSR count). The van der Waals surface area contributed by atoms with Gasteiger partial charge in [-0.15, -0.1) is 0 Å². The summed E-state index contributed by atoms with van der Waals surface area (Å²) in [5.41, 5.74) is 2.98. The molecule has 0 saturated carbocycles. The molecule has 6 nitrogen and oxygen atoms in total. The molecule has 0 aliphatic heterocycles. The zero-order chi connectivity index (χ0) is 16.5. The fourth-order valence-corrected chi connectivity index (χ4v) is 2.77. The van der Waals surface area contributed by atoms with Crippen molar-refractivity contribution in [3.63, 3.8) is 0 Å². The molecule has 6 heteroatoms. The summed E-state index contributed by atoms with van der Waals surface area (Å²) < 4.78 is 6.99. The van der Waals surface area contributed by atoms with Gasteiger partial charge in [0, 0.05) is 30.6 Å². The summed E-state index contributed by atoms with van der Waals surface area (Å²) in [5.74, 6) is 1.67. The van der Waals surface area contributed by atoms with E-state index in [9.17, 15) is 0 Å². The minimum Gasteiger partial charge on any atom is -0.497 e. The third-order valence-electron chi connectivity index (χ3n) is 3.99. The van der Waals surface area contributed by atoms with E-state index in [4.69, 9.17) is 4.74 Å². The fraction of sp³-hybridized carbons (Fsp3) is 0.167. The lowest BCUT2D eigenvalue weighted by atomic mass is 10.1. The normalized spacial score (nSPS) is 11.1. The molecule has 0 unspecified atom stereocenters. The van der Waals surface area contributed by atoms with Gasteiger partial charge in [-0.1, -0.05) is 12.1 Å². The van der Waals surface area contributed by atoms with Gasteiger partial charge in [-0.25, -0.2) is 9.97 Å². The highest BCUT2D eigenvalue weighted by atomic mass is 16.5. The van der Waals surface area contributed by atoms with Crippen LogP contribution in [0.3, 0.4) is 0 Å². The Kier molecular flexibility index (Phi) is 3.49. The average molecular weight is 319 g/mol. The van der Waals surface area contributed by atoms with Crippen LogP contribution in [0, 0.1) is 0 Å². The number of rotatable bonds is 4. The average Bonchev–Trinajstić information content (AvgIpc) is 2.97. The number of benzene rings is 2. The van der Waals surface area contributed by atoms with E-state index in [-0.39, 0.29) is 0 Å². The van der Waals surface area contributed by atoms with Crippen LogP contribution in [-0.2, 0) is 13.6 Å². The lowest BCUT2D eigenvalue weighted by molar-refractivity contribution is 0.414. The molecule has 0 saturated heterocycles. The first-order valence-electron chi connectivity index (χ1n) is 7.68. The molecule has 0 bridgehead atoms. The standard InChI is InChI=1S/C18H17N5O/c1-23-10-13-7-15-17(8-16(13)22-23)20-11-21-18(15)19-9-12-3-5-14(24-2)6-4-12/h3-8,10-11H,9H2,1-2H3,(H,19,20,21). The SMILES string of the molecule is COc1ccc(CNc2ncnc3cc4nn(C)cc4cc23)cc1. The van der Waals surface area contributed by atoms with Crippen molar-refractivity contribution in [3.05, 3.63) is 54.5 Å². The van der Waals surface area contributed by atoms with E-state index in [1.807, 2.05) is 43.6 Å². The molecule has 0 aliphatic carbocycles. The van der Waals surface area contributed by atoms with E-state index in [0.29, 0.717) is 6.54 Å². The number of ether oxygens (including phenoxy) is 1.